The van der Waals surface area contributed by atoms with E-state index in [1.807, 2.05) is 17.0 Å². The molecule has 3 heterocycles. The normalized spacial score (nSPS) is 14.5. The van der Waals surface area contributed by atoms with Crippen LogP contribution in [0.25, 0.3) is 11.5 Å². The summed E-state index contributed by atoms with van der Waals surface area (Å²) in [5.74, 6) is 0.587. The summed E-state index contributed by atoms with van der Waals surface area (Å²) < 4.78 is 49.6. The molecule has 162 valence electrons. The maximum atomic E-state index is 13.0. The highest BCUT2D eigenvalue weighted by molar-refractivity contribution is 5.78. The second-order valence-corrected chi connectivity index (χ2v) is 6.90. The summed E-state index contributed by atoms with van der Waals surface area (Å²) in [6.07, 6.45) is -2.98. The number of halogens is 3. The number of carbonyl (C=O) groups is 1. The lowest BCUT2D eigenvalue weighted by Crippen LogP contribution is -2.50. The van der Waals surface area contributed by atoms with Gasteiger partial charge in [0, 0.05) is 26.2 Å². The molecule has 0 bridgehead atoms. The van der Waals surface area contributed by atoms with Crippen LogP contribution in [-0.4, -0.2) is 53.8 Å². The van der Waals surface area contributed by atoms with E-state index in [2.05, 4.69) is 10.2 Å². The molecule has 0 spiro atoms. The Morgan fingerprint density at radius 2 is 1.77 bits per heavy atom. The van der Waals surface area contributed by atoms with Crippen molar-refractivity contribution >= 4 is 11.7 Å². The van der Waals surface area contributed by atoms with Crippen LogP contribution in [0.15, 0.2) is 59.2 Å². The Labute approximate surface area is 176 Å². The Hall–Kier alpha value is -3.56. The van der Waals surface area contributed by atoms with Crippen LogP contribution in [0.1, 0.15) is 5.56 Å². The summed E-state index contributed by atoms with van der Waals surface area (Å²) >= 11 is 0. The first-order valence-corrected chi connectivity index (χ1v) is 9.61. The van der Waals surface area contributed by atoms with Crippen molar-refractivity contribution in [3.05, 3.63) is 60.4 Å². The van der Waals surface area contributed by atoms with Crippen molar-refractivity contribution in [1.82, 2.24) is 15.1 Å². The number of carbonyl (C=O) groups excluding carboxylic acids is 1. The van der Waals surface area contributed by atoms with Gasteiger partial charge in [-0.1, -0.05) is 12.1 Å². The molecule has 1 aromatic carbocycles. The van der Waals surface area contributed by atoms with Gasteiger partial charge in [-0.2, -0.15) is 13.2 Å². The second-order valence-electron chi connectivity index (χ2n) is 6.90. The standard InChI is InChI=1S/C21H19F3N4O3/c22-21(23,24)15-4-1-2-5-17(15)31-14-20(29)28-11-9-27(10-12-28)19-8-7-16(25-26-19)18-6-3-13-30-18/h1-8,13H,9-12,14H2. The van der Waals surface area contributed by atoms with Crippen LogP contribution in [0.3, 0.4) is 0 Å². The quantitative estimate of drug-likeness (QED) is 0.615. The van der Waals surface area contributed by atoms with E-state index in [-0.39, 0.29) is 11.7 Å². The van der Waals surface area contributed by atoms with Crippen LogP contribution in [-0.2, 0) is 11.0 Å². The number of benzene rings is 1. The summed E-state index contributed by atoms with van der Waals surface area (Å²) in [5, 5.41) is 8.38. The lowest BCUT2D eigenvalue weighted by Gasteiger charge is -2.35. The molecule has 10 heteroatoms. The van der Waals surface area contributed by atoms with Crippen LogP contribution in [0.4, 0.5) is 19.0 Å². The van der Waals surface area contributed by atoms with Crippen molar-refractivity contribution in [2.75, 3.05) is 37.7 Å². The van der Waals surface area contributed by atoms with Crippen molar-refractivity contribution in [2.24, 2.45) is 0 Å². The second kappa shape index (κ2) is 8.66. The number of aromatic nitrogens is 2. The lowest BCUT2D eigenvalue weighted by molar-refractivity contribution is -0.141. The summed E-state index contributed by atoms with van der Waals surface area (Å²) in [6, 6.07) is 12.1. The Morgan fingerprint density at radius 1 is 1.00 bits per heavy atom. The molecular weight excluding hydrogens is 413 g/mol. The van der Waals surface area contributed by atoms with Crippen molar-refractivity contribution in [2.45, 2.75) is 6.18 Å². The average molecular weight is 432 g/mol. The van der Waals surface area contributed by atoms with E-state index in [1.54, 1.807) is 23.3 Å². The van der Waals surface area contributed by atoms with Crippen molar-refractivity contribution in [3.8, 4) is 17.2 Å². The molecule has 31 heavy (non-hydrogen) atoms. The highest BCUT2D eigenvalue weighted by Crippen LogP contribution is 2.35. The summed E-state index contributed by atoms with van der Waals surface area (Å²) in [4.78, 5) is 16.0. The smallest absolute Gasteiger partial charge is 0.419 e. The van der Waals surface area contributed by atoms with Crippen LogP contribution in [0.5, 0.6) is 5.75 Å². The first kappa shape index (κ1) is 20.7. The topological polar surface area (TPSA) is 71.7 Å². The van der Waals surface area contributed by atoms with Crippen molar-refractivity contribution < 1.29 is 27.1 Å². The SMILES string of the molecule is O=C(COc1ccccc1C(F)(F)F)N1CCN(c2ccc(-c3ccco3)nn2)CC1. The number of amides is 1. The molecule has 1 fully saturated rings. The maximum Gasteiger partial charge on any atom is 0.419 e. The van der Waals surface area contributed by atoms with E-state index in [0.717, 1.165) is 6.07 Å². The maximum absolute atomic E-state index is 13.0. The predicted molar refractivity (Wildman–Crippen MR) is 105 cm³/mol. The molecule has 1 amide bonds. The predicted octanol–water partition coefficient (Wildman–Crippen LogP) is 3.48. The van der Waals surface area contributed by atoms with Crippen LogP contribution >= 0.6 is 0 Å². The Balaban J connectivity index is 1.30. The van der Waals surface area contributed by atoms with Gasteiger partial charge in [-0.3, -0.25) is 4.79 Å². The number of piperazine rings is 1. The highest BCUT2D eigenvalue weighted by atomic mass is 19.4. The summed E-state index contributed by atoms with van der Waals surface area (Å²) in [6.45, 7) is 1.42. The molecule has 4 rings (SSSR count). The molecule has 1 aliphatic heterocycles. The van der Waals surface area contributed by atoms with Gasteiger partial charge in [0.2, 0.25) is 0 Å². The number of hydrogen-bond donors (Lipinski definition) is 0. The summed E-state index contributed by atoms with van der Waals surface area (Å²) in [7, 11) is 0. The number of furan rings is 1. The average Bonchev–Trinajstić information content (AvgIpc) is 3.32. The minimum absolute atomic E-state index is 0.353. The highest BCUT2D eigenvalue weighted by Gasteiger charge is 2.34. The zero-order valence-corrected chi connectivity index (χ0v) is 16.4. The van der Waals surface area contributed by atoms with E-state index in [4.69, 9.17) is 9.15 Å². The largest absolute Gasteiger partial charge is 0.483 e. The molecule has 0 saturated carbocycles. The molecule has 7 nitrogen and oxygen atoms in total. The third kappa shape index (κ3) is 4.79. The number of para-hydroxylation sites is 1. The first-order valence-electron chi connectivity index (χ1n) is 9.61. The number of rotatable bonds is 5. The Kier molecular flexibility index (Phi) is 5.79. The molecule has 2 aromatic heterocycles. The minimum Gasteiger partial charge on any atom is -0.483 e. The van der Waals surface area contributed by atoms with Gasteiger partial charge in [0.15, 0.2) is 18.2 Å². The van der Waals surface area contributed by atoms with E-state index in [1.165, 1.54) is 18.2 Å². The van der Waals surface area contributed by atoms with Gasteiger partial charge in [-0.05, 0) is 36.4 Å². The van der Waals surface area contributed by atoms with E-state index in [9.17, 15) is 18.0 Å². The third-order valence-corrected chi connectivity index (χ3v) is 4.92. The number of nitrogens with zero attached hydrogens (tertiary/aromatic N) is 4. The van der Waals surface area contributed by atoms with Crippen LogP contribution in [0.2, 0.25) is 0 Å². The van der Waals surface area contributed by atoms with E-state index in [0.29, 0.717) is 43.5 Å². The van der Waals surface area contributed by atoms with Crippen LogP contribution < -0.4 is 9.64 Å². The van der Waals surface area contributed by atoms with Crippen LogP contribution in [0, 0.1) is 0 Å². The fourth-order valence-electron chi connectivity index (χ4n) is 3.29. The van der Waals surface area contributed by atoms with Gasteiger partial charge in [0.25, 0.3) is 5.91 Å². The Morgan fingerprint density at radius 3 is 2.42 bits per heavy atom. The molecule has 0 radical (unpaired) electrons. The van der Waals surface area contributed by atoms with Crippen molar-refractivity contribution in [1.29, 1.82) is 0 Å². The molecule has 1 aliphatic rings. The monoisotopic (exact) mass is 432 g/mol. The summed E-state index contributed by atoms with van der Waals surface area (Å²) in [5.41, 5.74) is -0.275. The molecule has 0 unspecified atom stereocenters. The molecule has 0 N–H and O–H groups in total. The first-order chi connectivity index (χ1) is 14.9. The fourth-order valence-corrected chi connectivity index (χ4v) is 3.29. The molecule has 0 aliphatic carbocycles. The number of anilines is 1. The molecule has 0 atom stereocenters. The minimum atomic E-state index is -4.54. The molecule has 3 aromatic rings. The Bertz CT molecular complexity index is 1020. The number of hydrogen-bond acceptors (Lipinski definition) is 6. The molecular formula is C21H19F3N4O3. The van der Waals surface area contributed by atoms with Gasteiger partial charge >= 0.3 is 6.18 Å². The molecule has 1 saturated heterocycles. The number of ether oxygens (including phenoxy) is 1. The fraction of sp³-hybridized carbons (Fsp3) is 0.286. The van der Waals surface area contributed by atoms with E-state index >= 15 is 0 Å². The van der Waals surface area contributed by atoms with Gasteiger partial charge < -0.3 is 19.0 Å². The van der Waals surface area contributed by atoms with Gasteiger partial charge in [-0.25, -0.2) is 0 Å². The zero-order valence-electron chi connectivity index (χ0n) is 16.4. The number of alkyl halides is 3. The van der Waals surface area contributed by atoms with Crippen molar-refractivity contribution in [3.63, 3.8) is 0 Å². The third-order valence-electron chi connectivity index (χ3n) is 4.92. The zero-order chi connectivity index (χ0) is 21.8. The van der Waals surface area contributed by atoms with E-state index < -0.39 is 18.3 Å². The van der Waals surface area contributed by atoms with Gasteiger partial charge in [0.05, 0.1) is 11.8 Å². The van der Waals surface area contributed by atoms with Gasteiger partial charge in [0.1, 0.15) is 11.4 Å². The lowest BCUT2D eigenvalue weighted by atomic mass is 10.2. The van der Waals surface area contributed by atoms with Gasteiger partial charge in [-0.15, -0.1) is 10.2 Å².